The molecule has 0 spiro atoms. The largest absolute Gasteiger partial charge is 0.412 e. The summed E-state index contributed by atoms with van der Waals surface area (Å²) in [5, 5.41) is 13.4. The van der Waals surface area contributed by atoms with E-state index < -0.39 is 5.91 Å². The van der Waals surface area contributed by atoms with E-state index in [2.05, 4.69) is 20.8 Å². The van der Waals surface area contributed by atoms with Gasteiger partial charge in [-0.15, -0.1) is 10.2 Å². The fourth-order valence-electron chi connectivity index (χ4n) is 2.12. The maximum Gasteiger partial charge on any atom is 0.313 e. The van der Waals surface area contributed by atoms with E-state index in [1.807, 2.05) is 0 Å². The van der Waals surface area contributed by atoms with Crippen LogP contribution in [0, 0.1) is 0 Å². The molecule has 0 aliphatic carbocycles. The number of rotatable bonds is 4. The van der Waals surface area contributed by atoms with Gasteiger partial charge in [0.15, 0.2) is 0 Å². The predicted molar refractivity (Wildman–Crippen MR) is 93.4 cm³/mol. The minimum atomic E-state index is -0.555. The number of nitrogens with one attached hydrogen (secondary N) is 2. The normalized spacial score (nSPS) is 10.3. The Hall–Kier alpha value is -3.19. The van der Waals surface area contributed by atoms with E-state index in [4.69, 9.17) is 16.0 Å². The molecule has 0 saturated heterocycles. The Labute approximate surface area is 148 Å². The highest BCUT2D eigenvalue weighted by atomic mass is 35.5. The quantitative estimate of drug-likeness (QED) is 0.744. The summed E-state index contributed by atoms with van der Waals surface area (Å²) in [6.45, 7) is 1.40. The van der Waals surface area contributed by atoms with Crippen LogP contribution in [0.25, 0.3) is 11.5 Å². The third kappa shape index (κ3) is 4.21. The number of halogens is 1. The van der Waals surface area contributed by atoms with Gasteiger partial charge in [-0.3, -0.25) is 9.59 Å². The number of aromatic nitrogens is 2. The molecule has 0 radical (unpaired) electrons. The minimum absolute atomic E-state index is 0.181. The van der Waals surface area contributed by atoms with E-state index in [0.717, 1.165) is 0 Å². The minimum Gasteiger partial charge on any atom is -0.412 e. The second-order valence-corrected chi connectivity index (χ2v) is 5.58. The lowest BCUT2D eigenvalue weighted by Crippen LogP contribution is -2.13. The van der Waals surface area contributed by atoms with E-state index in [1.165, 1.54) is 6.92 Å². The molecule has 8 heteroatoms. The van der Waals surface area contributed by atoms with Gasteiger partial charge in [0.1, 0.15) is 0 Å². The molecule has 3 aromatic rings. The monoisotopic (exact) mass is 356 g/mol. The molecule has 2 aromatic carbocycles. The van der Waals surface area contributed by atoms with Gasteiger partial charge in [-0.05, 0) is 36.4 Å². The van der Waals surface area contributed by atoms with Crippen molar-refractivity contribution in [2.75, 3.05) is 10.6 Å². The first-order chi connectivity index (χ1) is 12.0. The molecule has 1 aromatic heterocycles. The first-order valence-corrected chi connectivity index (χ1v) is 7.67. The maximum atomic E-state index is 12.2. The van der Waals surface area contributed by atoms with Crippen LogP contribution in [0.1, 0.15) is 17.6 Å². The van der Waals surface area contributed by atoms with Crippen molar-refractivity contribution in [3.8, 4) is 11.5 Å². The van der Waals surface area contributed by atoms with Crippen LogP contribution in [0.2, 0.25) is 5.02 Å². The van der Waals surface area contributed by atoms with Gasteiger partial charge >= 0.3 is 11.8 Å². The molecule has 0 aliphatic rings. The van der Waals surface area contributed by atoms with E-state index in [0.29, 0.717) is 22.0 Å². The zero-order valence-electron chi connectivity index (χ0n) is 13.1. The van der Waals surface area contributed by atoms with Crippen molar-refractivity contribution in [2.24, 2.45) is 0 Å². The van der Waals surface area contributed by atoms with Crippen LogP contribution in [0.4, 0.5) is 11.4 Å². The highest BCUT2D eigenvalue weighted by Crippen LogP contribution is 2.22. The fraction of sp³-hybridized carbons (Fsp3) is 0.0588. The SMILES string of the molecule is CC(=O)Nc1cccc(NC(=O)c2nnc(-c3cccc(Cl)c3)o2)c1. The molecule has 1 heterocycles. The highest BCUT2D eigenvalue weighted by molar-refractivity contribution is 6.30. The lowest BCUT2D eigenvalue weighted by atomic mass is 10.2. The van der Waals surface area contributed by atoms with Gasteiger partial charge < -0.3 is 15.1 Å². The Kier molecular flexibility index (Phi) is 4.76. The first-order valence-electron chi connectivity index (χ1n) is 7.30. The lowest BCUT2D eigenvalue weighted by molar-refractivity contribution is -0.114. The molecule has 126 valence electrons. The zero-order chi connectivity index (χ0) is 17.8. The van der Waals surface area contributed by atoms with Crippen molar-refractivity contribution in [2.45, 2.75) is 6.92 Å². The van der Waals surface area contributed by atoms with Gasteiger partial charge in [0, 0.05) is 28.9 Å². The smallest absolute Gasteiger partial charge is 0.313 e. The molecule has 25 heavy (non-hydrogen) atoms. The van der Waals surface area contributed by atoms with Crippen LogP contribution in [0.5, 0.6) is 0 Å². The molecule has 7 nitrogen and oxygen atoms in total. The van der Waals surface area contributed by atoms with E-state index in [-0.39, 0.29) is 17.7 Å². The van der Waals surface area contributed by atoms with Crippen molar-refractivity contribution >= 4 is 34.8 Å². The lowest BCUT2D eigenvalue weighted by Gasteiger charge is -2.06. The molecule has 0 fully saturated rings. The Balaban J connectivity index is 1.75. The van der Waals surface area contributed by atoms with Crippen LogP contribution in [0.3, 0.4) is 0 Å². The second kappa shape index (κ2) is 7.14. The molecule has 3 rings (SSSR count). The number of benzene rings is 2. The Morgan fingerprint density at radius 2 is 1.72 bits per heavy atom. The molecule has 0 atom stereocenters. The average molecular weight is 357 g/mol. The van der Waals surface area contributed by atoms with E-state index in [1.54, 1.807) is 48.5 Å². The van der Waals surface area contributed by atoms with Crippen molar-refractivity contribution in [3.63, 3.8) is 0 Å². The van der Waals surface area contributed by atoms with Crippen LogP contribution < -0.4 is 10.6 Å². The Morgan fingerprint density at radius 3 is 2.44 bits per heavy atom. The first kappa shape index (κ1) is 16.7. The molecule has 0 bridgehead atoms. The van der Waals surface area contributed by atoms with Crippen LogP contribution >= 0.6 is 11.6 Å². The summed E-state index contributed by atoms with van der Waals surface area (Å²) in [6.07, 6.45) is 0. The second-order valence-electron chi connectivity index (χ2n) is 5.14. The summed E-state index contributed by atoms with van der Waals surface area (Å²) >= 11 is 5.92. The number of hydrogen-bond acceptors (Lipinski definition) is 5. The molecular weight excluding hydrogens is 344 g/mol. The van der Waals surface area contributed by atoms with E-state index in [9.17, 15) is 9.59 Å². The maximum absolute atomic E-state index is 12.2. The number of carbonyl (C=O) groups is 2. The number of carbonyl (C=O) groups excluding carboxylic acids is 2. The van der Waals surface area contributed by atoms with Crippen molar-refractivity contribution < 1.29 is 14.0 Å². The summed E-state index contributed by atoms with van der Waals surface area (Å²) in [6, 6.07) is 13.6. The van der Waals surface area contributed by atoms with Crippen molar-refractivity contribution in [3.05, 3.63) is 59.4 Å². The van der Waals surface area contributed by atoms with Crippen molar-refractivity contribution in [1.82, 2.24) is 10.2 Å². The number of hydrogen-bond donors (Lipinski definition) is 2. The summed E-state index contributed by atoms with van der Waals surface area (Å²) < 4.78 is 5.39. The Morgan fingerprint density at radius 1 is 1.00 bits per heavy atom. The number of nitrogens with zero attached hydrogens (tertiary/aromatic N) is 2. The summed E-state index contributed by atoms with van der Waals surface area (Å²) in [7, 11) is 0. The zero-order valence-corrected chi connectivity index (χ0v) is 13.9. The molecule has 0 unspecified atom stereocenters. The van der Waals surface area contributed by atoms with Crippen LogP contribution in [-0.2, 0) is 4.79 Å². The third-order valence-electron chi connectivity index (χ3n) is 3.13. The van der Waals surface area contributed by atoms with Gasteiger partial charge in [-0.2, -0.15) is 0 Å². The highest BCUT2D eigenvalue weighted by Gasteiger charge is 2.16. The van der Waals surface area contributed by atoms with Gasteiger partial charge in [0.25, 0.3) is 0 Å². The molecule has 2 N–H and O–H groups in total. The van der Waals surface area contributed by atoms with E-state index >= 15 is 0 Å². The van der Waals surface area contributed by atoms with Gasteiger partial charge in [-0.25, -0.2) is 0 Å². The van der Waals surface area contributed by atoms with Crippen LogP contribution in [0.15, 0.2) is 52.9 Å². The number of amides is 2. The number of anilines is 2. The standard InChI is InChI=1S/C17H13ClN4O3/c1-10(23)19-13-6-3-7-14(9-13)20-15(24)17-22-21-16(25-17)11-4-2-5-12(18)8-11/h2-9H,1H3,(H,19,23)(H,20,24). The van der Waals surface area contributed by atoms with Gasteiger partial charge in [0.2, 0.25) is 11.8 Å². The predicted octanol–water partition coefficient (Wildman–Crippen LogP) is 3.60. The third-order valence-corrected chi connectivity index (χ3v) is 3.37. The molecular formula is C17H13ClN4O3. The summed E-state index contributed by atoms with van der Waals surface area (Å²) in [5.74, 6) is -0.744. The average Bonchev–Trinajstić information content (AvgIpc) is 3.05. The molecule has 0 aliphatic heterocycles. The van der Waals surface area contributed by atoms with Crippen molar-refractivity contribution in [1.29, 1.82) is 0 Å². The van der Waals surface area contributed by atoms with Crippen LogP contribution in [-0.4, -0.2) is 22.0 Å². The Bertz CT molecular complexity index is 939. The summed E-state index contributed by atoms with van der Waals surface area (Å²) in [5.41, 5.74) is 1.67. The fourth-order valence-corrected chi connectivity index (χ4v) is 2.31. The summed E-state index contributed by atoms with van der Waals surface area (Å²) in [4.78, 5) is 23.3. The topological polar surface area (TPSA) is 97.1 Å². The molecule has 2 amide bonds. The van der Waals surface area contributed by atoms with Gasteiger partial charge in [0.05, 0.1) is 0 Å². The molecule has 0 saturated carbocycles. The van der Waals surface area contributed by atoms with Gasteiger partial charge in [-0.1, -0.05) is 23.7 Å².